The van der Waals surface area contributed by atoms with Crippen LogP contribution in [0.1, 0.15) is 48.5 Å². The number of nitrogens with zero attached hydrogens (tertiary/aromatic N) is 7. The normalized spacial score (nSPS) is 18.0. The van der Waals surface area contributed by atoms with Crippen LogP contribution in [0.3, 0.4) is 0 Å². The molecule has 1 unspecified atom stereocenters. The molecule has 0 saturated carbocycles. The number of hydrogen-bond donors (Lipinski definition) is 2. The zero-order chi connectivity index (χ0) is 29.5. The van der Waals surface area contributed by atoms with Crippen molar-refractivity contribution in [3.8, 4) is 5.88 Å². The minimum Gasteiger partial charge on any atom is -0.480 e. The molecule has 14 heteroatoms. The second kappa shape index (κ2) is 13.7. The first-order valence-corrected chi connectivity index (χ1v) is 14.9. The van der Waals surface area contributed by atoms with E-state index in [-0.39, 0.29) is 23.6 Å². The van der Waals surface area contributed by atoms with Gasteiger partial charge in [0.1, 0.15) is 6.54 Å². The van der Waals surface area contributed by atoms with Crippen LogP contribution in [-0.4, -0.2) is 89.5 Å². The maximum Gasteiger partial charge on any atom is 0.416 e. The van der Waals surface area contributed by atoms with Gasteiger partial charge in [0, 0.05) is 43.1 Å². The molecule has 5 rings (SSSR count). The van der Waals surface area contributed by atoms with Gasteiger partial charge in [0.05, 0.1) is 11.9 Å². The van der Waals surface area contributed by atoms with Gasteiger partial charge in [-0.1, -0.05) is 30.8 Å². The van der Waals surface area contributed by atoms with E-state index in [0.29, 0.717) is 42.3 Å². The molecule has 2 saturated heterocycles. The number of carbonyl (C=O) groups is 3. The van der Waals surface area contributed by atoms with Gasteiger partial charge in [-0.05, 0) is 72.3 Å². The molecule has 2 aromatic heterocycles. The van der Waals surface area contributed by atoms with Gasteiger partial charge in [-0.3, -0.25) is 14.5 Å². The Kier molecular flexibility index (Phi) is 9.64. The third-order valence-corrected chi connectivity index (χ3v) is 8.61. The number of rotatable bonds is 9. The smallest absolute Gasteiger partial charge is 0.416 e. The Morgan fingerprint density at radius 2 is 1.86 bits per heavy atom. The molecule has 4 heterocycles. The summed E-state index contributed by atoms with van der Waals surface area (Å²) < 4.78 is 6.68. The molecule has 0 aliphatic carbocycles. The number of amides is 2. The molecule has 2 fully saturated rings. The summed E-state index contributed by atoms with van der Waals surface area (Å²) in [6.07, 6.45) is 4.83. The van der Waals surface area contributed by atoms with Crippen molar-refractivity contribution in [2.75, 3.05) is 31.5 Å². The number of hydrogen-bond acceptors (Lipinski definition) is 10. The number of tetrazole rings is 1. The van der Waals surface area contributed by atoms with Crippen molar-refractivity contribution in [3.63, 3.8) is 0 Å². The number of carbonyl (C=O) groups excluding carboxylic acids is 2. The van der Waals surface area contributed by atoms with E-state index in [9.17, 15) is 14.4 Å². The lowest BCUT2D eigenvalue weighted by atomic mass is 9.99. The maximum atomic E-state index is 12.7. The molecule has 2 amide bonds. The molecule has 13 nitrogen and oxygen atoms in total. The van der Waals surface area contributed by atoms with E-state index in [1.165, 1.54) is 41.0 Å². The van der Waals surface area contributed by atoms with Gasteiger partial charge in [-0.15, -0.1) is 5.10 Å². The Morgan fingerprint density at radius 1 is 1.07 bits per heavy atom. The van der Waals surface area contributed by atoms with Crippen molar-refractivity contribution in [1.82, 2.24) is 35.0 Å². The van der Waals surface area contributed by atoms with Gasteiger partial charge < -0.3 is 20.1 Å². The number of carboxylic acids is 1. The number of likely N-dealkylation sites (tertiary alicyclic amines) is 2. The number of carboxylic acid groups (broad SMARTS) is 1. The quantitative estimate of drug-likeness (QED) is 0.374. The van der Waals surface area contributed by atoms with Crippen LogP contribution < -0.4 is 10.1 Å². The minimum atomic E-state index is -1.02. The monoisotopic (exact) mass is 594 g/mol. The molecular formula is C28H34N8O5S. The van der Waals surface area contributed by atoms with Crippen LogP contribution in [0.5, 0.6) is 5.88 Å². The first-order chi connectivity index (χ1) is 20.3. The summed E-state index contributed by atoms with van der Waals surface area (Å²) in [4.78, 5) is 44.6. The number of nitrogens with one attached hydrogen (secondary N) is 1. The van der Waals surface area contributed by atoms with Crippen molar-refractivity contribution >= 4 is 35.4 Å². The summed E-state index contributed by atoms with van der Waals surface area (Å²) in [5.74, 6) is -0.396. The molecular weight excluding hydrogens is 560 g/mol. The van der Waals surface area contributed by atoms with Crippen LogP contribution in [-0.2, 0) is 17.9 Å². The van der Waals surface area contributed by atoms with E-state index in [0.717, 1.165) is 25.6 Å². The number of thioether (sulfide) groups is 1. The average molecular weight is 595 g/mol. The number of ether oxygens (including phenoxy) is 1. The zero-order valence-electron chi connectivity index (χ0n) is 23.4. The average Bonchev–Trinajstić information content (AvgIpc) is 3.40. The van der Waals surface area contributed by atoms with Crippen molar-refractivity contribution in [2.45, 2.75) is 56.1 Å². The Morgan fingerprint density at radius 3 is 2.55 bits per heavy atom. The number of benzene rings is 1. The Balaban J connectivity index is 1.06. The second-order valence-electron chi connectivity index (χ2n) is 10.7. The van der Waals surface area contributed by atoms with Gasteiger partial charge in [0.25, 0.3) is 5.91 Å². The third kappa shape index (κ3) is 8.03. The number of anilines is 1. The molecule has 0 radical (unpaired) electrons. The maximum absolute atomic E-state index is 12.7. The number of piperidine rings is 2. The minimum absolute atomic E-state index is 0.138. The van der Waals surface area contributed by atoms with Crippen LogP contribution in [0, 0.1) is 5.92 Å². The summed E-state index contributed by atoms with van der Waals surface area (Å²) >= 11 is 1.41. The summed E-state index contributed by atoms with van der Waals surface area (Å²) in [5, 5.41) is 23.6. The molecule has 2 aliphatic heterocycles. The van der Waals surface area contributed by atoms with Crippen LogP contribution in [0.25, 0.3) is 0 Å². The summed E-state index contributed by atoms with van der Waals surface area (Å²) in [7, 11) is 0. The van der Waals surface area contributed by atoms with Gasteiger partial charge in [0.2, 0.25) is 11.0 Å². The van der Waals surface area contributed by atoms with Crippen LogP contribution >= 0.6 is 11.8 Å². The first kappa shape index (κ1) is 29.5. The Labute approximate surface area is 247 Å². The van der Waals surface area contributed by atoms with E-state index in [4.69, 9.17) is 9.84 Å². The topological polar surface area (TPSA) is 156 Å². The van der Waals surface area contributed by atoms with Crippen LogP contribution in [0.4, 0.5) is 10.5 Å². The Hall–Kier alpha value is -4.04. The van der Waals surface area contributed by atoms with E-state index < -0.39 is 12.1 Å². The molecule has 222 valence electrons. The van der Waals surface area contributed by atoms with Gasteiger partial charge >= 0.3 is 12.1 Å². The lowest BCUT2D eigenvalue weighted by Gasteiger charge is -2.30. The summed E-state index contributed by atoms with van der Waals surface area (Å²) in [6.45, 7) is 6.05. The van der Waals surface area contributed by atoms with Crippen molar-refractivity contribution in [1.29, 1.82) is 0 Å². The highest BCUT2D eigenvalue weighted by Gasteiger charge is 2.27. The lowest BCUT2D eigenvalue weighted by Crippen LogP contribution is -2.41. The highest BCUT2D eigenvalue weighted by Crippen LogP contribution is 2.29. The van der Waals surface area contributed by atoms with Gasteiger partial charge in [-0.25, -0.2) is 14.5 Å². The molecule has 42 heavy (non-hydrogen) atoms. The highest BCUT2D eigenvalue weighted by atomic mass is 32.2. The SMILES string of the molecule is CC1CCCN(Cc2ccc(C(=O)Nc3ccc(OC(=O)N4CCC(Sc5nnnn5CC(=O)O)CC4)nc3)cc2)C1. The standard InChI is InChI=1S/C28H34N8O5S/c1-19-3-2-12-34(16-19)17-20-4-6-21(7-5-20)26(39)30-22-8-9-24(29-15-22)41-28(40)35-13-10-23(11-14-35)42-27-31-32-33-36(27)18-25(37)38/h4-9,15,19,23H,2-3,10-14,16-18H2,1H3,(H,30,39)(H,37,38). The molecule has 0 spiro atoms. The summed E-state index contributed by atoms with van der Waals surface area (Å²) in [6, 6.07) is 10.9. The fourth-order valence-electron chi connectivity index (χ4n) is 5.14. The summed E-state index contributed by atoms with van der Waals surface area (Å²) in [5.41, 5.74) is 2.24. The molecule has 2 aliphatic rings. The number of aromatic nitrogens is 5. The molecule has 2 N–H and O–H groups in total. The number of pyridine rings is 1. The van der Waals surface area contributed by atoms with E-state index in [2.05, 4.69) is 37.6 Å². The highest BCUT2D eigenvalue weighted by molar-refractivity contribution is 7.99. The van der Waals surface area contributed by atoms with Crippen molar-refractivity contribution in [2.24, 2.45) is 5.92 Å². The fourth-order valence-corrected chi connectivity index (χ4v) is 6.19. The fraction of sp³-hybridized carbons (Fsp3) is 0.464. The molecule has 1 atom stereocenters. The molecule has 0 bridgehead atoms. The van der Waals surface area contributed by atoms with Gasteiger partial charge in [0.15, 0.2) is 0 Å². The zero-order valence-corrected chi connectivity index (χ0v) is 24.2. The van der Waals surface area contributed by atoms with Crippen LogP contribution in [0.15, 0.2) is 47.8 Å². The van der Waals surface area contributed by atoms with Crippen molar-refractivity contribution < 1.29 is 24.2 Å². The predicted octanol–water partition coefficient (Wildman–Crippen LogP) is 3.39. The van der Waals surface area contributed by atoms with Crippen molar-refractivity contribution in [3.05, 3.63) is 53.7 Å². The van der Waals surface area contributed by atoms with E-state index >= 15 is 0 Å². The third-order valence-electron chi connectivity index (χ3n) is 7.31. The lowest BCUT2D eigenvalue weighted by molar-refractivity contribution is -0.138. The molecule has 3 aromatic rings. The van der Waals surface area contributed by atoms with Crippen LogP contribution in [0.2, 0.25) is 0 Å². The van der Waals surface area contributed by atoms with E-state index in [1.807, 2.05) is 24.3 Å². The number of aliphatic carboxylic acids is 1. The predicted molar refractivity (Wildman–Crippen MR) is 154 cm³/mol. The first-order valence-electron chi connectivity index (χ1n) is 14.0. The Bertz CT molecular complexity index is 1380. The second-order valence-corrected chi connectivity index (χ2v) is 12.0. The van der Waals surface area contributed by atoms with E-state index in [1.54, 1.807) is 17.0 Å². The van der Waals surface area contributed by atoms with Gasteiger partial charge in [-0.2, -0.15) is 0 Å². The molecule has 1 aromatic carbocycles. The largest absolute Gasteiger partial charge is 0.480 e.